The number of benzene rings is 2. The van der Waals surface area contributed by atoms with Crippen molar-refractivity contribution in [3.8, 4) is 23.0 Å². The summed E-state index contributed by atoms with van der Waals surface area (Å²) in [7, 11) is -0.357. The van der Waals surface area contributed by atoms with Crippen LogP contribution in [0.5, 0.6) is 23.0 Å². The first-order valence-corrected chi connectivity index (χ1v) is 8.03. The van der Waals surface area contributed by atoms with Crippen LogP contribution in [0, 0.1) is 11.6 Å². The van der Waals surface area contributed by atoms with E-state index in [2.05, 4.69) is 0 Å². The molecule has 0 heterocycles. The molecule has 0 radical (unpaired) electrons. The van der Waals surface area contributed by atoms with Crippen LogP contribution < -0.4 is 18.8 Å². The molecule has 0 amide bonds. The zero-order chi connectivity index (χ0) is 18.4. The lowest BCUT2D eigenvalue weighted by molar-refractivity contribution is 0.241. The highest BCUT2D eigenvalue weighted by atomic mass is 19.1. The fraction of sp³-hybridized carbons (Fsp3) is 0.333. The summed E-state index contributed by atoms with van der Waals surface area (Å²) in [5, 5.41) is 0. The van der Waals surface area contributed by atoms with Crippen molar-refractivity contribution in [2.45, 2.75) is 39.9 Å². The largest absolute Gasteiger partial charge is 0.576 e. The predicted molar refractivity (Wildman–Crippen MR) is 92.7 cm³/mol. The lowest BCUT2D eigenvalue weighted by Gasteiger charge is -2.14. The number of rotatable bonds is 8. The summed E-state index contributed by atoms with van der Waals surface area (Å²) in [5.74, 6) is -0.231. The first kappa shape index (κ1) is 18.9. The van der Waals surface area contributed by atoms with Crippen LogP contribution in [0.1, 0.15) is 27.7 Å². The molecule has 0 unspecified atom stereocenters. The Morgan fingerprint density at radius 1 is 0.720 bits per heavy atom. The number of hydrogen-bond donors (Lipinski definition) is 0. The summed E-state index contributed by atoms with van der Waals surface area (Å²) >= 11 is 0. The third kappa shape index (κ3) is 5.85. The van der Waals surface area contributed by atoms with Gasteiger partial charge in [-0.15, -0.1) is 0 Å². The maximum atomic E-state index is 13.8. The van der Waals surface area contributed by atoms with Gasteiger partial charge in [0.15, 0.2) is 11.6 Å². The van der Waals surface area contributed by atoms with E-state index in [1.165, 1.54) is 36.4 Å². The van der Waals surface area contributed by atoms with Crippen molar-refractivity contribution in [1.82, 2.24) is 0 Å². The van der Waals surface area contributed by atoms with Gasteiger partial charge in [-0.2, -0.15) is 0 Å². The fourth-order valence-electron chi connectivity index (χ4n) is 2.04. The second kappa shape index (κ2) is 8.60. The summed E-state index contributed by atoms with van der Waals surface area (Å²) in [6.45, 7) is 7.45. The number of halogens is 2. The van der Waals surface area contributed by atoms with Crippen molar-refractivity contribution in [2.24, 2.45) is 0 Å². The standard InChI is InChI=1S/C18H21BF2O4/c1-11(2)22-13-5-7-15(20)17(9-13)24-19-25-18-10-14(23-12(3)4)6-8-16(18)21/h5-12,19H,1-4H3. The Morgan fingerprint density at radius 2 is 1.12 bits per heavy atom. The van der Waals surface area contributed by atoms with Gasteiger partial charge in [0.25, 0.3) is 0 Å². The molecule has 0 aromatic heterocycles. The van der Waals surface area contributed by atoms with Crippen LogP contribution in [0.4, 0.5) is 8.78 Å². The number of ether oxygens (including phenoxy) is 2. The zero-order valence-electron chi connectivity index (χ0n) is 14.7. The van der Waals surface area contributed by atoms with Crippen LogP contribution in [-0.2, 0) is 0 Å². The van der Waals surface area contributed by atoms with Gasteiger partial charge in [-0.25, -0.2) is 8.78 Å². The SMILES string of the molecule is CC(C)Oc1ccc(F)c(OBOc2cc(OC(C)C)ccc2F)c1. The summed E-state index contributed by atoms with van der Waals surface area (Å²) in [4.78, 5) is 0. The van der Waals surface area contributed by atoms with E-state index < -0.39 is 11.6 Å². The molecule has 0 spiro atoms. The van der Waals surface area contributed by atoms with E-state index in [9.17, 15) is 8.78 Å². The van der Waals surface area contributed by atoms with E-state index in [4.69, 9.17) is 18.8 Å². The molecule has 2 aromatic carbocycles. The minimum absolute atomic E-state index is 0.0341. The van der Waals surface area contributed by atoms with Gasteiger partial charge in [0.2, 0.25) is 0 Å². The van der Waals surface area contributed by atoms with E-state index in [0.717, 1.165) is 0 Å². The van der Waals surface area contributed by atoms with E-state index in [-0.39, 0.29) is 31.4 Å². The summed E-state index contributed by atoms with van der Waals surface area (Å²) in [5.41, 5.74) is 0. The molecule has 134 valence electrons. The molecule has 0 aliphatic heterocycles. The molecular formula is C18H21BF2O4. The van der Waals surface area contributed by atoms with Crippen molar-refractivity contribution in [2.75, 3.05) is 0 Å². The second-order valence-corrected chi connectivity index (χ2v) is 5.92. The topological polar surface area (TPSA) is 36.9 Å². The minimum atomic E-state index is -0.558. The molecule has 25 heavy (non-hydrogen) atoms. The van der Waals surface area contributed by atoms with E-state index in [0.29, 0.717) is 11.5 Å². The Balaban J connectivity index is 2.00. The molecule has 7 heteroatoms. The third-order valence-electron chi connectivity index (χ3n) is 2.98. The van der Waals surface area contributed by atoms with Crippen molar-refractivity contribution in [1.29, 1.82) is 0 Å². The molecule has 2 rings (SSSR count). The predicted octanol–water partition coefficient (Wildman–Crippen LogP) is 4.26. The highest BCUT2D eigenvalue weighted by Gasteiger charge is 2.11. The zero-order valence-corrected chi connectivity index (χ0v) is 14.7. The average molecular weight is 350 g/mol. The molecule has 0 aliphatic rings. The van der Waals surface area contributed by atoms with Gasteiger partial charge in [0.1, 0.15) is 23.0 Å². The third-order valence-corrected chi connectivity index (χ3v) is 2.98. The molecule has 0 saturated heterocycles. The average Bonchev–Trinajstić information content (AvgIpc) is 2.52. The van der Waals surface area contributed by atoms with Gasteiger partial charge in [-0.3, -0.25) is 0 Å². The maximum Gasteiger partial charge on any atom is 0.576 e. The van der Waals surface area contributed by atoms with Crippen LogP contribution in [-0.4, -0.2) is 19.9 Å². The molecule has 0 fully saturated rings. The van der Waals surface area contributed by atoms with E-state index >= 15 is 0 Å². The molecule has 0 atom stereocenters. The van der Waals surface area contributed by atoms with Crippen LogP contribution >= 0.6 is 0 Å². The molecule has 4 nitrogen and oxygen atoms in total. The first-order valence-electron chi connectivity index (χ1n) is 8.03. The van der Waals surface area contributed by atoms with Gasteiger partial charge in [0.05, 0.1) is 12.2 Å². The van der Waals surface area contributed by atoms with Gasteiger partial charge < -0.3 is 18.8 Å². The van der Waals surface area contributed by atoms with Gasteiger partial charge in [0, 0.05) is 12.1 Å². The normalized spacial score (nSPS) is 10.7. The Labute approximate surface area is 147 Å². The van der Waals surface area contributed by atoms with Crippen LogP contribution in [0.3, 0.4) is 0 Å². The Kier molecular flexibility index (Phi) is 6.50. The number of hydrogen-bond acceptors (Lipinski definition) is 4. The minimum Gasteiger partial charge on any atom is -0.526 e. The lowest BCUT2D eigenvalue weighted by Crippen LogP contribution is -2.13. The Morgan fingerprint density at radius 3 is 1.48 bits per heavy atom. The van der Waals surface area contributed by atoms with Crippen LogP contribution in [0.25, 0.3) is 0 Å². The molecular weight excluding hydrogens is 329 g/mol. The first-order chi connectivity index (χ1) is 11.8. The highest BCUT2D eigenvalue weighted by Crippen LogP contribution is 2.26. The van der Waals surface area contributed by atoms with Gasteiger partial charge in [-0.1, -0.05) is 0 Å². The maximum absolute atomic E-state index is 13.8. The van der Waals surface area contributed by atoms with Crippen molar-refractivity contribution >= 4 is 7.69 Å². The van der Waals surface area contributed by atoms with Crippen molar-refractivity contribution < 1.29 is 27.6 Å². The Bertz CT molecular complexity index is 648. The molecule has 0 saturated carbocycles. The highest BCUT2D eigenvalue weighted by molar-refractivity contribution is 6.20. The molecule has 0 N–H and O–H groups in total. The Hall–Kier alpha value is -2.44. The van der Waals surface area contributed by atoms with Crippen molar-refractivity contribution in [3.63, 3.8) is 0 Å². The van der Waals surface area contributed by atoms with Gasteiger partial charge >= 0.3 is 7.69 Å². The monoisotopic (exact) mass is 350 g/mol. The smallest absolute Gasteiger partial charge is 0.526 e. The quantitative estimate of drug-likeness (QED) is 0.667. The second-order valence-electron chi connectivity index (χ2n) is 5.92. The van der Waals surface area contributed by atoms with Crippen LogP contribution in [0.15, 0.2) is 36.4 Å². The summed E-state index contributed by atoms with van der Waals surface area (Å²) in [6, 6.07) is 8.35. The molecule has 0 aliphatic carbocycles. The van der Waals surface area contributed by atoms with E-state index in [1.807, 2.05) is 27.7 Å². The molecule has 0 bridgehead atoms. The van der Waals surface area contributed by atoms with Gasteiger partial charge in [-0.05, 0) is 52.0 Å². The lowest BCUT2D eigenvalue weighted by atomic mass is 10.2. The molecule has 2 aromatic rings. The van der Waals surface area contributed by atoms with Crippen LogP contribution in [0.2, 0.25) is 0 Å². The van der Waals surface area contributed by atoms with Crippen molar-refractivity contribution in [3.05, 3.63) is 48.0 Å². The van der Waals surface area contributed by atoms with E-state index in [1.54, 1.807) is 0 Å². The summed E-state index contributed by atoms with van der Waals surface area (Å²) < 4.78 is 49.1. The fourth-order valence-corrected chi connectivity index (χ4v) is 2.04. The summed E-state index contributed by atoms with van der Waals surface area (Å²) in [6.07, 6.45) is -0.0975.